The average molecular weight is 528 g/mol. The second-order valence-corrected chi connectivity index (χ2v) is 7.57. The van der Waals surface area contributed by atoms with Gasteiger partial charge in [-0.25, -0.2) is 5.43 Å². The topological polar surface area (TPSA) is 177 Å². The molecular weight excluding hydrogens is 514 g/mol. The number of nitro groups is 2. The molecule has 0 spiro atoms. The lowest BCUT2D eigenvalue weighted by atomic mass is 10.1. The Hall–Kier alpha value is -4.65. The van der Waals surface area contributed by atoms with E-state index in [1.165, 1.54) is 48.5 Å². The first-order valence-electron chi connectivity index (χ1n) is 9.32. The minimum Gasteiger partial charge on any atom is -0.502 e. The average Bonchev–Trinajstić information content (AvgIpc) is 2.81. The second-order valence-electron chi connectivity index (χ2n) is 6.66. The van der Waals surface area contributed by atoms with Crippen molar-refractivity contribution in [2.45, 2.75) is 0 Å². The van der Waals surface area contributed by atoms with Gasteiger partial charge in [0.1, 0.15) is 0 Å². The number of hydrogen-bond donors (Lipinski definition) is 3. The number of nitro benzene ring substituents is 2. The van der Waals surface area contributed by atoms with E-state index in [2.05, 4.69) is 31.8 Å². The number of phenolic OH excluding ortho intramolecular Hbond substituents is 1. The Morgan fingerprint density at radius 3 is 2.29 bits per heavy atom. The maximum atomic E-state index is 12.3. The van der Waals surface area contributed by atoms with Crippen LogP contribution in [0.5, 0.6) is 5.75 Å². The van der Waals surface area contributed by atoms with Crippen LogP contribution in [0.25, 0.3) is 0 Å². The lowest BCUT2D eigenvalue weighted by molar-refractivity contribution is -0.386. The lowest BCUT2D eigenvalue weighted by Gasteiger charge is -2.06. The Morgan fingerprint density at radius 2 is 1.65 bits per heavy atom. The van der Waals surface area contributed by atoms with Crippen LogP contribution < -0.4 is 10.7 Å². The molecule has 2 amide bonds. The number of non-ortho nitro benzene ring substituents is 1. The quantitative estimate of drug-likeness (QED) is 0.236. The number of aromatic hydroxyl groups is 1. The minimum atomic E-state index is -0.755. The highest BCUT2D eigenvalue weighted by Crippen LogP contribution is 2.32. The Bertz CT molecular complexity index is 1330. The van der Waals surface area contributed by atoms with Crippen molar-refractivity contribution in [3.05, 3.63) is 102 Å². The molecule has 3 aromatic rings. The summed E-state index contributed by atoms with van der Waals surface area (Å²) in [5.41, 5.74) is 2.14. The predicted octanol–water partition coefficient (Wildman–Crippen LogP) is 3.99. The second kappa shape index (κ2) is 10.3. The van der Waals surface area contributed by atoms with Gasteiger partial charge in [0.25, 0.3) is 17.5 Å². The summed E-state index contributed by atoms with van der Waals surface area (Å²) in [6.45, 7) is 0. The Labute approximate surface area is 199 Å². The van der Waals surface area contributed by atoms with Gasteiger partial charge in [-0.3, -0.25) is 29.8 Å². The maximum Gasteiger partial charge on any atom is 0.312 e. The van der Waals surface area contributed by atoms with Crippen LogP contribution in [0.15, 0.2) is 70.2 Å². The van der Waals surface area contributed by atoms with E-state index < -0.39 is 33.1 Å². The number of anilines is 1. The van der Waals surface area contributed by atoms with Gasteiger partial charge >= 0.3 is 5.69 Å². The zero-order valence-electron chi connectivity index (χ0n) is 17.0. The number of carbonyl (C=O) groups is 2. The van der Waals surface area contributed by atoms with Crippen molar-refractivity contribution in [1.29, 1.82) is 0 Å². The van der Waals surface area contributed by atoms with Gasteiger partial charge in [0.05, 0.1) is 16.1 Å². The van der Waals surface area contributed by atoms with Crippen molar-refractivity contribution < 1.29 is 24.5 Å². The standard InChI is InChI=1S/C21H14BrN5O7/c22-15-8-14(19(28)18(10-15)27(33)34)11-23-25-21(30)12-4-6-16(7-5-12)24-20(29)13-2-1-3-17(9-13)26(31)32/h1-11,28H,(H,24,29)(H,25,30)/b23-11+. The molecule has 0 aliphatic heterocycles. The summed E-state index contributed by atoms with van der Waals surface area (Å²) in [7, 11) is 0. The fourth-order valence-corrected chi connectivity index (χ4v) is 3.20. The summed E-state index contributed by atoms with van der Waals surface area (Å²) in [6.07, 6.45) is 1.05. The molecule has 0 aliphatic carbocycles. The lowest BCUT2D eigenvalue weighted by Crippen LogP contribution is -2.18. The number of nitrogens with zero attached hydrogens (tertiary/aromatic N) is 3. The number of halogens is 1. The number of benzene rings is 3. The first-order chi connectivity index (χ1) is 16.2. The van der Waals surface area contributed by atoms with E-state index in [-0.39, 0.29) is 22.4 Å². The van der Waals surface area contributed by atoms with Crippen LogP contribution in [0, 0.1) is 20.2 Å². The molecule has 3 rings (SSSR count). The van der Waals surface area contributed by atoms with E-state index >= 15 is 0 Å². The number of carbonyl (C=O) groups excluding carboxylic acids is 2. The molecule has 12 nitrogen and oxygen atoms in total. The molecule has 3 aromatic carbocycles. The van der Waals surface area contributed by atoms with Gasteiger partial charge in [-0.15, -0.1) is 0 Å². The third-order valence-electron chi connectivity index (χ3n) is 4.37. The normalized spacial score (nSPS) is 10.6. The van der Waals surface area contributed by atoms with E-state index in [0.717, 1.165) is 18.3 Å². The molecule has 3 N–H and O–H groups in total. The van der Waals surface area contributed by atoms with Crippen LogP contribution in [0.4, 0.5) is 17.1 Å². The zero-order valence-corrected chi connectivity index (χ0v) is 18.6. The smallest absolute Gasteiger partial charge is 0.312 e. The molecule has 172 valence electrons. The molecule has 0 bridgehead atoms. The van der Waals surface area contributed by atoms with Crippen LogP contribution in [-0.4, -0.2) is 33.0 Å². The van der Waals surface area contributed by atoms with Gasteiger partial charge in [0, 0.05) is 45.0 Å². The van der Waals surface area contributed by atoms with Crippen molar-refractivity contribution >= 4 is 51.0 Å². The molecule has 34 heavy (non-hydrogen) atoms. The van der Waals surface area contributed by atoms with Crippen molar-refractivity contribution in [1.82, 2.24) is 5.43 Å². The molecular formula is C21H14BrN5O7. The van der Waals surface area contributed by atoms with Crippen LogP contribution in [0.2, 0.25) is 0 Å². The summed E-state index contributed by atoms with van der Waals surface area (Å²) in [5, 5.41) is 38.0. The number of hydrogen-bond acceptors (Lipinski definition) is 8. The highest BCUT2D eigenvalue weighted by atomic mass is 79.9. The Morgan fingerprint density at radius 1 is 0.941 bits per heavy atom. The molecule has 0 saturated heterocycles. The molecule has 0 radical (unpaired) electrons. The largest absolute Gasteiger partial charge is 0.502 e. The van der Waals surface area contributed by atoms with Gasteiger partial charge in [-0.2, -0.15) is 5.10 Å². The molecule has 0 aliphatic rings. The summed E-state index contributed by atoms with van der Waals surface area (Å²) in [6, 6.07) is 13.5. The maximum absolute atomic E-state index is 12.3. The van der Waals surface area contributed by atoms with Crippen molar-refractivity contribution in [2.75, 3.05) is 5.32 Å². The van der Waals surface area contributed by atoms with Crippen molar-refractivity contribution in [3.63, 3.8) is 0 Å². The highest BCUT2D eigenvalue weighted by Gasteiger charge is 2.18. The number of phenols is 1. The van der Waals surface area contributed by atoms with Gasteiger partial charge in [0.2, 0.25) is 5.75 Å². The van der Waals surface area contributed by atoms with Gasteiger partial charge in [0.15, 0.2) is 0 Å². The van der Waals surface area contributed by atoms with E-state index in [4.69, 9.17) is 0 Å². The summed E-state index contributed by atoms with van der Waals surface area (Å²) in [4.78, 5) is 45.0. The van der Waals surface area contributed by atoms with Crippen LogP contribution >= 0.6 is 15.9 Å². The summed E-state index contributed by atoms with van der Waals surface area (Å²) >= 11 is 3.10. The SMILES string of the molecule is O=C(N/N=C/c1cc(Br)cc([N+](=O)[O-])c1O)c1ccc(NC(=O)c2cccc([N+](=O)[O-])c2)cc1. The molecule has 0 saturated carbocycles. The zero-order chi connectivity index (χ0) is 24.8. The van der Waals surface area contributed by atoms with Gasteiger partial charge in [-0.1, -0.05) is 22.0 Å². The molecule has 0 atom stereocenters. The third kappa shape index (κ3) is 5.77. The first-order valence-corrected chi connectivity index (χ1v) is 10.1. The van der Waals surface area contributed by atoms with Crippen LogP contribution in [0.3, 0.4) is 0 Å². The number of hydrazone groups is 1. The third-order valence-corrected chi connectivity index (χ3v) is 4.83. The molecule has 13 heteroatoms. The van der Waals surface area contributed by atoms with Crippen LogP contribution in [-0.2, 0) is 0 Å². The Balaban J connectivity index is 1.64. The fourth-order valence-electron chi connectivity index (χ4n) is 2.74. The van der Waals surface area contributed by atoms with Gasteiger partial charge < -0.3 is 10.4 Å². The predicted molar refractivity (Wildman–Crippen MR) is 125 cm³/mol. The minimum absolute atomic E-state index is 0.0144. The van der Waals surface area contributed by atoms with Gasteiger partial charge in [-0.05, 0) is 36.4 Å². The summed E-state index contributed by atoms with van der Waals surface area (Å²) < 4.78 is 0.340. The van der Waals surface area contributed by atoms with Crippen LogP contribution in [0.1, 0.15) is 26.3 Å². The fraction of sp³-hybridized carbons (Fsp3) is 0. The first kappa shape index (κ1) is 24.0. The van der Waals surface area contributed by atoms with E-state index in [0.29, 0.717) is 10.2 Å². The number of nitrogens with one attached hydrogen (secondary N) is 2. The molecule has 0 fully saturated rings. The molecule has 0 heterocycles. The number of rotatable bonds is 7. The Kier molecular flexibility index (Phi) is 7.28. The molecule has 0 unspecified atom stereocenters. The van der Waals surface area contributed by atoms with E-state index in [1.54, 1.807) is 0 Å². The molecule has 0 aromatic heterocycles. The van der Waals surface area contributed by atoms with Crippen molar-refractivity contribution in [3.8, 4) is 5.75 Å². The number of amides is 2. The van der Waals surface area contributed by atoms with E-state index in [9.17, 15) is 34.9 Å². The monoisotopic (exact) mass is 527 g/mol. The summed E-state index contributed by atoms with van der Waals surface area (Å²) in [5.74, 6) is -1.78. The van der Waals surface area contributed by atoms with Crippen molar-refractivity contribution in [2.24, 2.45) is 5.10 Å². The van der Waals surface area contributed by atoms with E-state index in [1.807, 2.05) is 0 Å². The highest BCUT2D eigenvalue weighted by molar-refractivity contribution is 9.10.